The molecule has 0 saturated heterocycles. The maximum Gasteiger partial charge on any atom is 0.0832 e. The predicted octanol–water partition coefficient (Wildman–Crippen LogP) is 7.66. The number of hydrazone groups is 1. The lowest BCUT2D eigenvalue weighted by molar-refractivity contribution is 0.709. The Kier molecular flexibility index (Phi) is 5.34. The Morgan fingerprint density at radius 2 is 1.33 bits per heavy atom. The molecule has 2 nitrogen and oxygen atoms in total. The summed E-state index contributed by atoms with van der Waals surface area (Å²) in [6.07, 6.45) is 0.728. The molecule has 0 N–H and O–H groups in total. The van der Waals surface area contributed by atoms with Crippen molar-refractivity contribution in [3.63, 3.8) is 0 Å². The monoisotopic (exact) mass is 434 g/mol. The van der Waals surface area contributed by atoms with Gasteiger partial charge in [-0.05, 0) is 53.6 Å². The minimum atomic E-state index is -0.0103. The molecule has 27 heavy (non-hydrogen) atoms. The van der Waals surface area contributed by atoms with Crippen LogP contribution in [0.25, 0.3) is 0 Å². The van der Waals surface area contributed by atoms with Crippen LogP contribution in [0.4, 0.5) is 5.69 Å². The van der Waals surface area contributed by atoms with E-state index in [-0.39, 0.29) is 6.04 Å². The van der Waals surface area contributed by atoms with Gasteiger partial charge in [0.15, 0.2) is 0 Å². The van der Waals surface area contributed by atoms with Crippen LogP contribution in [0.1, 0.15) is 23.6 Å². The summed E-state index contributed by atoms with van der Waals surface area (Å²) in [7, 11) is 0. The van der Waals surface area contributed by atoms with Crippen LogP contribution in [0.15, 0.2) is 71.8 Å². The Hall–Kier alpha value is -1.71. The SMILES string of the molecule is Clc1ccc(C2=NN(c3cc(Cl)ccc3Cl)[C@@H](c3ccc(Cl)cc3)C2)cc1. The summed E-state index contributed by atoms with van der Waals surface area (Å²) in [5, 5.41) is 9.40. The molecule has 0 fully saturated rings. The van der Waals surface area contributed by atoms with E-state index in [9.17, 15) is 0 Å². The standard InChI is InChI=1S/C21H14Cl4N2/c22-15-5-1-13(2-6-15)19-12-20(14-3-7-16(23)8-4-14)27(26-19)21-11-17(24)9-10-18(21)25/h1-11,20H,12H2/t20-/m1/s1. The maximum atomic E-state index is 6.46. The van der Waals surface area contributed by atoms with Crippen LogP contribution in [-0.4, -0.2) is 5.71 Å². The fourth-order valence-electron chi connectivity index (χ4n) is 3.16. The Labute approximate surface area is 177 Å². The molecule has 0 bridgehead atoms. The zero-order valence-electron chi connectivity index (χ0n) is 14.0. The van der Waals surface area contributed by atoms with E-state index in [1.54, 1.807) is 12.1 Å². The van der Waals surface area contributed by atoms with E-state index in [1.165, 1.54) is 0 Å². The molecule has 0 aliphatic carbocycles. The molecular weight excluding hydrogens is 422 g/mol. The molecule has 0 saturated carbocycles. The molecule has 0 radical (unpaired) electrons. The summed E-state index contributed by atoms with van der Waals surface area (Å²) in [5.41, 5.74) is 3.86. The van der Waals surface area contributed by atoms with Gasteiger partial charge in [-0.2, -0.15) is 5.10 Å². The van der Waals surface area contributed by atoms with E-state index in [2.05, 4.69) is 0 Å². The van der Waals surface area contributed by atoms with Crippen molar-refractivity contribution in [1.82, 2.24) is 0 Å². The van der Waals surface area contributed by atoms with E-state index in [1.807, 2.05) is 59.6 Å². The Morgan fingerprint density at radius 1 is 0.741 bits per heavy atom. The highest BCUT2D eigenvalue weighted by molar-refractivity contribution is 6.35. The molecule has 3 aromatic rings. The van der Waals surface area contributed by atoms with Crippen molar-refractivity contribution in [3.8, 4) is 0 Å². The van der Waals surface area contributed by atoms with Crippen molar-refractivity contribution in [3.05, 3.63) is 97.9 Å². The van der Waals surface area contributed by atoms with Crippen molar-refractivity contribution >= 4 is 57.8 Å². The number of nitrogens with zero attached hydrogens (tertiary/aromatic N) is 2. The lowest BCUT2D eigenvalue weighted by Gasteiger charge is -2.25. The van der Waals surface area contributed by atoms with Crippen LogP contribution in [-0.2, 0) is 0 Å². The van der Waals surface area contributed by atoms with Gasteiger partial charge < -0.3 is 0 Å². The number of benzene rings is 3. The van der Waals surface area contributed by atoms with Crippen LogP contribution in [0.5, 0.6) is 0 Å². The van der Waals surface area contributed by atoms with Gasteiger partial charge >= 0.3 is 0 Å². The highest BCUT2D eigenvalue weighted by Gasteiger charge is 2.31. The number of rotatable bonds is 3. The molecule has 0 unspecified atom stereocenters. The molecule has 6 heteroatoms. The Morgan fingerprint density at radius 3 is 2.00 bits per heavy atom. The second kappa shape index (κ2) is 7.73. The quantitative estimate of drug-likeness (QED) is 0.412. The molecule has 136 valence electrons. The average Bonchev–Trinajstić information content (AvgIpc) is 3.10. The van der Waals surface area contributed by atoms with Crippen molar-refractivity contribution in [2.24, 2.45) is 5.10 Å². The van der Waals surface area contributed by atoms with Gasteiger partial charge in [0, 0.05) is 21.5 Å². The zero-order valence-corrected chi connectivity index (χ0v) is 17.1. The fourth-order valence-corrected chi connectivity index (χ4v) is 3.78. The largest absolute Gasteiger partial charge is 0.256 e. The summed E-state index contributed by atoms with van der Waals surface area (Å²) < 4.78 is 0. The second-order valence-corrected chi connectivity index (χ2v) is 7.98. The molecular formula is C21H14Cl4N2. The minimum absolute atomic E-state index is 0.0103. The first-order valence-corrected chi connectivity index (χ1v) is 9.85. The summed E-state index contributed by atoms with van der Waals surface area (Å²) in [4.78, 5) is 0. The topological polar surface area (TPSA) is 15.6 Å². The molecule has 4 rings (SSSR count). The van der Waals surface area contributed by atoms with Crippen molar-refractivity contribution in [2.45, 2.75) is 12.5 Å². The molecule has 0 spiro atoms. The van der Waals surface area contributed by atoms with Gasteiger partial charge in [0.05, 0.1) is 22.5 Å². The molecule has 1 atom stereocenters. The number of anilines is 1. The van der Waals surface area contributed by atoms with Crippen LogP contribution in [0.2, 0.25) is 20.1 Å². The fraction of sp³-hybridized carbons (Fsp3) is 0.0952. The third-order valence-electron chi connectivity index (χ3n) is 4.50. The van der Waals surface area contributed by atoms with Gasteiger partial charge in [-0.3, -0.25) is 5.01 Å². The third-order valence-corrected chi connectivity index (χ3v) is 5.56. The lowest BCUT2D eigenvalue weighted by atomic mass is 9.98. The van der Waals surface area contributed by atoms with E-state index in [0.29, 0.717) is 20.1 Å². The normalized spacial score (nSPS) is 16.5. The van der Waals surface area contributed by atoms with E-state index >= 15 is 0 Å². The van der Waals surface area contributed by atoms with Gasteiger partial charge in [-0.15, -0.1) is 0 Å². The van der Waals surface area contributed by atoms with Crippen molar-refractivity contribution in [1.29, 1.82) is 0 Å². The third kappa shape index (κ3) is 3.95. The predicted molar refractivity (Wildman–Crippen MR) is 116 cm³/mol. The molecule has 1 heterocycles. The molecule has 0 aromatic heterocycles. The highest BCUT2D eigenvalue weighted by atomic mass is 35.5. The van der Waals surface area contributed by atoms with Gasteiger partial charge in [0.2, 0.25) is 0 Å². The minimum Gasteiger partial charge on any atom is -0.256 e. The average molecular weight is 436 g/mol. The van der Waals surface area contributed by atoms with Crippen LogP contribution in [0, 0.1) is 0 Å². The number of hydrogen-bond acceptors (Lipinski definition) is 2. The van der Waals surface area contributed by atoms with Crippen LogP contribution in [0.3, 0.4) is 0 Å². The second-order valence-electron chi connectivity index (χ2n) is 6.27. The van der Waals surface area contributed by atoms with Crippen LogP contribution >= 0.6 is 46.4 Å². The number of halogens is 4. The Balaban J connectivity index is 1.79. The van der Waals surface area contributed by atoms with Crippen LogP contribution < -0.4 is 5.01 Å². The number of hydrogen-bond donors (Lipinski definition) is 0. The zero-order chi connectivity index (χ0) is 19.0. The molecule has 0 amide bonds. The maximum absolute atomic E-state index is 6.46. The van der Waals surface area contributed by atoms with Gasteiger partial charge in [0.1, 0.15) is 0 Å². The summed E-state index contributed by atoms with van der Waals surface area (Å²) in [5.74, 6) is 0. The van der Waals surface area contributed by atoms with E-state index in [0.717, 1.165) is 28.9 Å². The molecule has 3 aromatic carbocycles. The van der Waals surface area contributed by atoms with Gasteiger partial charge in [-0.25, -0.2) is 0 Å². The van der Waals surface area contributed by atoms with Crippen molar-refractivity contribution < 1.29 is 0 Å². The lowest BCUT2D eigenvalue weighted by Crippen LogP contribution is -2.18. The van der Waals surface area contributed by atoms with E-state index < -0.39 is 0 Å². The van der Waals surface area contributed by atoms with Gasteiger partial charge in [-0.1, -0.05) is 70.7 Å². The first kappa shape index (κ1) is 18.6. The smallest absolute Gasteiger partial charge is 0.0832 e. The first-order chi connectivity index (χ1) is 13.0. The van der Waals surface area contributed by atoms with Crippen molar-refractivity contribution in [2.75, 3.05) is 5.01 Å². The molecule has 1 aliphatic heterocycles. The molecule has 1 aliphatic rings. The first-order valence-electron chi connectivity index (χ1n) is 8.34. The summed E-state index contributed by atoms with van der Waals surface area (Å²) in [6, 6.07) is 20.9. The van der Waals surface area contributed by atoms with E-state index in [4.69, 9.17) is 51.5 Å². The Bertz CT molecular complexity index is 998. The summed E-state index contributed by atoms with van der Waals surface area (Å²) >= 11 is 24.8. The summed E-state index contributed by atoms with van der Waals surface area (Å²) in [6.45, 7) is 0. The van der Waals surface area contributed by atoms with Gasteiger partial charge in [0.25, 0.3) is 0 Å². The highest BCUT2D eigenvalue weighted by Crippen LogP contribution is 2.41.